The van der Waals surface area contributed by atoms with Gasteiger partial charge in [0.1, 0.15) is 5.82 Å². The number of nitrogens with two attached hydrogens (primary N) is 1. The summed E-state index contributed by atoms with van der Waals surface area (Å²) in [5.41, 5.74) is 5.51. The molecule has 0 radical (unpaired) electrons. The third kappa shape index (κ3) is 3.94. The van der Waals surface area contributed by atoms with Gasteiger partial charge in [0.25, 0.3) is 5.91 Å². The van der Waals surface area contributed by atoms with Gasteiger partial charge in [-0.2, -0.15) is 0 Å². The van der Waals surface area contributed by atoms with Crippen LogP contribution in [0.25, 0.3) is 0 Å². The Morgan fingerprint density at radius 1 is 1.32 bits per heavy atom. The van der Waals surface area contributed by atoms with Crippen molar-refractivity contribution >= 4 is 17.5 Å². The first kappa shape index (κ1) is 14.9. The number of benzene rings is 1. The molecule has 1 aromatic rings. The van der Waals surface area contributed by atoms with E-state index in [0.717, 1.165) is 6.07 Å². The van der Waals surface area contributed by atoms with E-state index >= 15 is 0 Å². The van der Waals surface area contributed by atoms with E-state index in [-0.39, 0.29) is 23.7 Å². The van der Waals surface area contributed by atoms with Crippen molar-refractivity contribution in [3.63, 3.8) is 0 Å². The number of anilines is 1. The van der Waals surface area contributed by atoms with E-state index in [9.17, 15) is 14.0 Å². The predicted octanol–water partition coefficient (Wildman–Crippen LogP) is 1.01. The first-order chi connectivity index (χ1) is 8.99. The van der Waals surface area contributed by atoms with Gasteiger partial charge in [0, 0.05) is 18.7 Å². The molecule has 1 rings (SSSR count). The standard InChI is InChI=1S/C13H18FN3O2/c1-3-17(4-2)12(18)8-16-13(19)9-5-6-10(14)11(15)7-9/h5-7H,3-4,8,15H2,1-2H3,(H,16,19). The van der Waals surface area contributed by atoms with Crippen LogP contribution >= 0.6 is 0 Å². The van der Waals surface area contributed by atoms with E-state index < -0.39 is 11.7 Å². The summed E-state index contributed by atoms with van der Waals surface area (Å²) >= 11 is 0. The van der Waals surface area contributed by atoms with Gasteiger partial charge in [-0.25, -0.2) is 4.39 Å². The van der Waals surface area contributed by atoms with Gasteiger partial charge in [0.05, 0.1) is 12.2 Å². The molecule has 0 aliphatic rings. The fourth-order valence-corrected chi connectivity index (χ4v) is 1.63. The maximum Gasteiger partial charge on any atom is 0.251 e. The number of likely N-dealkylation sites (N-methyl/N-ethyl adjacent to an activating group) is 1. The van der Waals surface area contributed by atoms with Gasteiger partial charge < -0.3 is 16.0 Å². The van der Waals surface area contributed by atoms with Crippen LogP contribution < -0.4 is 11.1 Å². The van der Waals surface area contributed by atoms with Gasteiger partial charge in [0.15, 0.2) is 0 Å². The zero-order valence-corrected chi connectivity index (χ0v) is 11.1. The van der Waals surface area contributed by atoms with Crippen LogP contribution in [0.2, 0.25) is 0 Å². The van der Waals surface area contributed by atoms with Crippen molar-refractivity contribution in [2.24, 2.45) is 0 Å². The number of nitrogens with zero attached hydrogens (tertiary/aromatic N) is 1. The van der Waals surface area contributed by atoms with Crippen molar-refractivity contribution in [2.45, 2.75) is 13.8 Å². The Balaban J connectivity index is 2.60. The van der Waals surface area contributed by atoms with Gasteiger partial charge in [-0.3, -0.25) is 9.59 Å². The molecule has 0 unspecified atom stereocenters. The minimum absolute atomic E-state index is 0.0855. The second-order valence-electron chi connectivity index (χ2n) is 3.98. The average Bonchev–Trinajstić information content (AvgIpc) is 2.40. The third-order valence-corrected chi connectivity index (χ3v) is 2.77. The molecule has 3 N–H and O–H groups in total. The second kappa shape index (κ2) is 6.72. The maximum atomic E-state index is 13.0. The molecule has 5 nitrogen and oxygen atoms in total. The fraction of sp³-hybridized carbons (Fsp3) is 0.385. The number of nitrogens with one attached hydrogen (secondary N) is 1. The molecule has 0 fully saturated rings. The van der Waals surface area contributed by atoms with Crippen LogP contribution in [-0.2, 0) is 4.79 Å². The monoisotopic (exact) mass is 267 g/mol. The lowest BCUT2D eigenvalue weighted by molar-refractivity contribution is -0.129. The van der Waals surface area contributed by atoms with Gasteiger partial charge >= 0.3 is 0 Å². The van der Waals surface area contributed by atoms with Crippen molar-refractivity contribution in [1.29, 1.82) is 0 Å². The molecule has 104 valence electrons. The Labute approximate surface area is 111 Å². The van der Waals surface area contributed by atoms with Crippen LogP contribution in [-0.4, -0.2) is 36.3 Å². The number of nitrogen functional groups attached to an aromatic ring is 1. The predicted molar refractivity (Wildman–Crippen MR) is 71.1 cm³/mol. The molecule has 0 heterocycles. The Bertz CT molecular complexity index is 473. The Morgan fingerprint density at radius 2 is 1.95 bits per heavy atom. The molecule has 2 amide bonds. The van der Waals surface area contributed by atoms with E-state index in [1.807, 2.05) is 13.8 Å². The van der Waals surface area contributed by atoms with Gasteiger partial charge in [-0.15, -0.1) is 0 Å². The Kier molecular flexibility index (Phi) is 5.29. The summed E-state index contributed by atoms with van der Waals surface area (Å²) in [6, 6.07) is 3.69. The highest BCUT2D eigenvalue weighted by Gasteiger charge is 2.12. The number of hydrogen-bond acceptors (Lipinski definition) is 3. The molecule has 0 spiro atoms. The molecular formula is C13H18FN3O2. The molecule has 0 aliphatic carbocycles. The first-order valence-electron chi connectivity index (χ1n) is 6.10. The molecule has 1 aromatic carbocycles. The summed E-state index contributed by atoms with van der Waals surface area (Å²) in [5, 5.41) is 2.49. The van der Waals surface area contributed by atoms with E-state index in [2.05, 4.69) is 5.32 Å². The molecular weight excluding hydrogens is 249 g/mol. The molecule has 0 bridgehead atoms. The van der Waals surface area contributed by atoms with Gasteiger partial charge in [0.2, 0.25) is 5.91 Å². The van der Waals surface area contributed by atoms with Crippen molar-refractivity contribution in [2.75, 3.05) is 25.4 Å². The van der Waals surface area contributed by atoms with Crippen LogP contribution in [0.4, 0.5) is 10.1 Å². The fourth-order valence-electron chi connectivity index (χ4n) is 1.63. The van der Waals surface area contributed by atoms with Crippen molar-refractivity contribution in [3.8, 4) is 0 Å². The summed E-state index contributed by atoms with van der Waals surface area (Å²) in [6.07, 6.45) is 0. The normalized spacial score (nSPS) is 10.1. The smallest absolute Gasteiger partial charge is 0.251 e. The summed E-state index contributed by atoms with van der Waals surface area (Å²) in [5.74, 6) is -1.18. The van der Waals surface area contributed by atoms with Crippen LogP contribution in [0, 0.1) is 5.82 Å². The third-order valence-electron chi connectivity index (χ3n) is 2.77. The van der Waals surface area contributed by atoms with Crippen molar-refractivity contribution in [1.82, 2.24) is 10.2 Å². The highest BCUT2D eigenvalue weighted by molar-refractivity contribution is 5.97. The second-order valence-corrected chi connectivity index (χ2v) is 3.98. The molecule has 0 aromatic heterocycles. The van der Waals surface area contributed by atoms with E-state index in [1.165, 1.54) is 12.1 Å². The molecule has 0 aliphatic heterocycles. The van der Waals surface area contributed by atoms with Crippen LogP contribution in [0.3, 0.4) is 0 Å². The van der Waals surface area contributed by atoms with Crippen LogP contribution in [0.5, 0.6) is 0 Å². The number of carbonyl (C=O) groups excluding carboxylic acids is 2. The number of amides is 2. The Hall–Kier alpha value is -2.11. The quantitative estimate of drug-likeness (QED) is 0.782. The van der Waals surface area contributed by atoms with E-state index in [1.54, 1.807) is 4.90 Å². The number of carbonyl (C=O) groups is 2. The lowest BCUT2D eigenvalue weighted by Gasteiger charge is -2.18. The molecule has 19 heavy (non-hydrogen) atoms. The summed E-state index contributed by atoms with van der Waals surface area (Å²) < 4.78 is 13.0. The van der Waals surface area contributed by atoms with Gasteiger partial charge in [-0.05, 0) is 32.0 Å². The maximum absolute atomic E-state index is 13.0. The number of rotatable bonds is 5. The number of hydrogen-bond donors (Lipinski definition) is 2. The zero-order chi connectivity index (χ0) is 14.4. The summed E-state index contributed by atoms with van der Waals surface area (Å²) in [7, 11) is 0. The highest BCUT2D eigenvalue weighted by Crippen LogP contribution is 2.11. The highest BCUT2D eigenvalue weighted by atomic mass is 19.1. The molecule has 0 atom stereocenters. The minimum Gasteiger partial charge on any atom is -0.396 e. The topological polar surface area (TPSA) is 75.4 Å². The van der Waals surface area contributed by atoms with Crippen LogP contribution in [0.1, 0.15) is 24.2 Å². The molecule has 6 heteroatoms. The summed E-state index contributed by atoms with van der Waals surface area (Å²) in [6.45, 7) is 4.83. The van der Waals surface area contributed by atoms with Crippen molar-refractivity contribution < 1.29 is 14.0 Å². The lowest BCUT2D eigenvalue weighted by atomic mass is 10.2. The van der Waals surface area contributed by atoms with Gasteiger partial charge in [-0.1, -0.05) is 0 Å². The first-order valence-corrected chi connectivity index (χ1v) is 6.10. The van der Waals surface area contributed by atoms with E-state index in [4.69, 9.17) is 5.73 Å². The molecule has 0 saturated carbocycles. The molecule has 0 saturated heterocycles. The Morgan fingerprint density at radius 3 is 2.47 bits per heavy atom. The minimum atomic E-state index is -0.573. The van der Waals surface area contributed by atoms with Crippen LogP contribution in [0.15, 0.2) is 18.2 Å². The largest absolute Gasteiger partial charge is 0.396 e. The average molecular weight is 267 g/mol. The van der Waals surface area contributed by atoms with E-state index in [0.29, 0.717) is 13.1 Å². The summed E-state index contributed by atoms with van der Waals surface area (Å²) in [4.78, 5) is 25.1. The number of halogens is 1. The lowest BCUT2D eigenvalue weighted by Crippen LogP contribution is -2.40. The SMILES string of the molecule is CCN(CC)C(=O)CNC(=O)c1ccc(F)c(N)c1. The zero-order valence-electron chi connectivity index (χ0n) is 11.1. The van der Waals surface area contributed by atoms with Crippen molar-refractivity contribution in [3.05, 3.63) is 29.6 Å².